The standard InChI is InChI=1S/C20H19F3N4O6/c1-2-33-15-5-3-13(4-6-15)19(28)25-9-7-24(8-10-25)18-16(26(29)30)11-14(20(21,22)23)12-17(18)27(31)32/h3-6,11-12H,2,7-10H2,1H3. The molecule has 0 radical (unpaired) electrons. The highest BCUT2D eigenvalue weighted by Crippen LogP contribution is 2.43. The second-order valence-electron chi connectivity index (χ2n) is 7.11. The number of carbonyl (C=O) groups is 1. The molecule has 0 aromatic heterocycles. The van der Waals surface area contributed by atoms with E-state index >= 15 is 0 Å². The van der Waals surface area contributed by atoms with Crippen LogP contribution in [0.5, 0.6) is 5.75 Å². The fourth-order valence-electron chi connectivity index (χ4n) is 3.55. The first-order valence-corrected chi connectivity index (χ1v) is 9.84. The Balaban J connectivity index is 1.84. The van der Waals surface area contributed by atoms with E-state index in [-0.39, 0.29) is 32.1 Å². The van der Waals surface area contributed by atoms with Crippen LogP contribution in [0.1, 0.15) is 22.8 Å². The van der Waals surface area contributed by atoms with Gasteiger partial charge in [-0.2, -0.15) is 13.2 Å². The van der Waals surface area contributed by atoms with Crippen molar-refractivity contribution in [1.29, 1.82) is 0 Å². The summed E-state index contributed by atoms with van der Waals surface area (Å²) in [5, 5.41) is 22.9. The van der Waals surface area contributed by atoms with Gasteiger partial charge in [0.25, 0.3) is 17.3 Å². The maximum atomic E-state index is 13.1. The second kappa shape index (κ2) is 9.30. The molecule has 0 saturated carbocycles. The fourth-order valence-corrected chi connectivity index (χ4v) is 3.55. The lowest BCUT2D eigenvalue weighted by atomic mass is 10.1. The number of amides is 1. The summed E-state index contributed by atoms with van der Waals surface area (Å²) in [5.41, 5.74) is -3.62. The average molecular weight is 468 g/mol. The molecule has 10 nitrogen and oxygen atoms in total. The molecule has 2 aromatic rings. The SMILES string of the molecule is CCOc1ccc(C(=O)N2CCN(c3c([N+](=O)[O-])cc(C(F)(F)F)cc3[N+](=O)[O-])CC2)cc1. The number of benzene rings is 2. The van der Waals surface area contributed by atoms with E-state index in [9.17, 15) is 38.2 Å². The third-order valence-electron chi connectivity index (χ3n) is 5.09. The van der Waals surface area contributed by atoms with Crippen molar-refractivity contribution in [2.24, 2.45) is 0 Å². The van der Waals surface area contributed by atoms with E-state index in [1.807, 2.05) is 6.92 Å². The molecule has 3 rings (SSSR count). The lowest BCUT2D eigenvalue weighted by molar-refractivity contribution is -0.393. The summed E-state index contributed by atoms with van der Waals surface area (Å²) >= 11 is 0. The summed E-state index contributed by atoms with van der Waals surface area (Å²) in [4.78, 5) is 36.3. The van der Waals surface area contributed by atoms with Gasteiger partial charge in [-0.15, -0.1) is 0 Å². The number of ether oxygens (including phenoxy) is 1. The number of hydrogen-bond acceptors (Lipinski definition) is 7. The molecule has 1 saturated heterocycles. The summed E-state index contributed by atoms with van der Waals surface area (Å²) in [6.07, 6.45) is -4.99. The molecular weight excluding hydrogens is 449 g/mol. The zero-order valence-electron chi connectivity index (χ0n) is 17.4. The number of piperazine rings is 1. The number of anilines is 1. The number of nitro benzene ring substituents is 2. The molecule has 0 N–H and O–H groups in total. The monoisotopic (exact) mass is 468 g/mol. The van der Waals surface area contributed by atoms with Crippen LogP contribution < -0.4 is 9.64 Å². The van der Waals surface area contributed by atoms with Crippen LogP contribution in [0.25, 0.3) is 0 Å². The third-order valence-corrected chi connectivity index (χ3v) is 5.09. The van der Waals surface area contributed by atoms with E-state index in [0.29, 0.717) is 30.1 Å². The zero-order chi connectivity index (χ0) is 24.3. The van der Waals surface area contributed by atoms with Crippen LogP contribution in [-0.4, -0.2) is 53.4 Å². The van der Waals surface area contributed by atoms with E-state index in [2.05, 4.69) is 0 Å². The summed E-state index contributed by atoms with van der Waals surface area (Å²) in [6, 6.07) is 7.04. The number of rotatable bonds is 6. The number of alkyl halides is 3. The zero-order valence-corrected chi connectivity index (χ0v) is 17.4. The topological polar surface area (TPSA) is 119 Å². The Morgan fingerprint density at radius 1 is 1.00 bits per heavy atom. The quantitative estimate of drug-likeness (QED) is 0.466. The van der Waals surface area contributed by atoms with Gasteiger partial charge in [-0.1, -0.05) is 0 Å². The minimum absolute atomic E-state index is 0.0319. The van der Waals surface area contributed by atoms with Gasteiger partial charge in [0.2, 0.25) is 0 Å². The van der Waals surface area contributed by atoms with Crippen molar-refractivity contribution >= 4 is 23.0 Å². The molecule has 13 heteroatoms. The van der Waals surface area contributed by atoms with E-state index in [0.717, 1.165) is 0 Å². The van der Waals surface area contributed by atoms with Crippen LogP contribution in [-0.2, 0) is 6.18 Å². The fraction of sp³-hybridized carbons (Fsp3) is 0.350. The van der Waals surface area contributed by atoms with E-state index in [1.54, 1.807) is 24.3 Å². The molecular formula is C20H19F3N4O6. The summed E-state index contributed by atoms with van der Waals surface area (Å²) < 4.78 is 44.6. The maximum Gasteiger partial charge on any atom is 0.416 e. The highest BCUT2D eigenvalue weighted by atomic mass is 19.4. The van der Waals surface area contributed by atoms with Crippen molar-refractivity contribution in [3.05, 3.63) is 67.8 Å². The lowest BCUT2D eigenvalue weighted by Gasteiger charge is -2.35. The van der Waals surface area contributed by atoms with Gasteiger partial charge < -0.3 is 14.5 Å². The van der Waals surface area contributed by atoms with Gasteiger partial charge in [0, 0.05) is 43.9 Å². The molecule has 176 valence electrons. The Morgan fingerprint density at radius 3 is 1.94 bits per heavy atom. The van der Waals surface area contributed by atoms with Crippen molar-refractivity contribution in [3.8, 4) is 5.75 Å². The van der Waals surface area contributed by atoms with Gasteiger partial charge in [-0.25, -0.2) is 0 Å². The predicted octanol–water partition coefficient (Wildman–Crippen LogP) is 3.88. The minimum atomic E-state index is -4.99. The normalized spacial score (nSPS) is 14.2. The molecule has 1 heterocycles. The Morgan fingerprint density at radius 2 is 1.52 bits per heavy atom. The van der Waals surface area contributed by atoms with Gasteiger partial charge in [-0.05, 0) is 31.2 Å². The first-order chi connectivity index (χ1) is 15.5. The molecule has 2 aromatic carbocycles. The summed E-state index contributed by atoms with van der Waals surface area (Å²) in [6.45, 7) is 2.37. The molecule has 0 atom stereocenters. The molecule has 33 heavy (non-hydrogen) atoms. The van der Waals surface area contributed by atoms with Crippen molar-refractivity contribution in [2.45, 2.75) is 13.1 Å². The molecule has 1 aliphatic heterocycles. The molecule has 0 spiro atoms. The number of carbonyl (C=O) groups excluding carboxylic acids is 1. The molecule has 1 aliphatic rings. The summed E-state index contributed by atoms with van der Waals surface area (Å²) in [7, 11) is 0. The van der Waals surface area contributed by atoms with Gasteiger partial charge in [0.1, 0.15) is 5.75 Å². The molecule has 1 fully saturated rings. The summed E-state index contributed by atoms with van der Waals surface area (Å²) in [5.74, 6) is 0.287. The van der Waals surface area contributed by atoms with Gasteiger partial charge in [0.15, 0.2) is 5.69 Å². The van der Waals surface area contributed by atoms with E-state index in [4.69, 9.17) is 4.74 Å². The Kier molecular flexibility index (Phi) is 6.70. The molecule has 1 amide bonds. The molecule has 0 unspecified atom stereocenters. The van der Waals surface area contributed by atoms with Crippen LogP contribution in [0, 0.1) is 20.2 Å². The number of nitro groups is 2. The van der Waals surface area contributed by atoms with Crippen LogP contribution in [0.4, 0.5) is 30.2 Å². The Bertz CT molecular complexity index is 1030. The van der Waals surface area contributed by atoms with Gasteiger partial charge >= 0.3 is 6.18 Å². The van der Waals surface area contributed by atoms with E-state index in [1.165, 1.54) is 9.80 Å². The van der Waals surface area contributed by atoms with Gasteiger partial charge in [-0.3, -0.25) is 25.0 Å². The van der Waals surface area contributed by atoms with Crippen molar-refractivity contribution in [1.82, 2.24) is 4.90 Å². The minimum Gasteiger partial charge on any atom is -0.494 e. The van der Waals surface area contributed by atoms with E-state index < -0.39 is 38.6 Å². The number of nitrogens with zero attached hydrogens (tertiary/aromatic N) is 4. The first kappa shape index (κ1) is 23.8. The van der Waals surface area contributed by atoms with Crippen LogP contribution >= 0.6 is 0 Å². The average Bonchev–Trinajstić information content (AvgIpc) is 2.78. The molecule has 0 bridgehead atoms. The number of hydrogen-bond donors (Lipinski definition) is 0. The smallest absolute Gasteiger partial charge is 0.416 e. The predicted molar refractivity (Wildman–Crippen MR) is 110 cm³/mol. The van der Waals surface area contributed by atoms with Crippen LogP contribution in [0.2, 0.25) is 0 Å². The maximum absolute atomic E-state index is 13.1. The highest BCUT2D eigenvalue weighted by molar-refractivity contribution is 5.94. The molecule has 0 aliphatic carbocycles. The first-order valence-electron chi connectivity index (χ1n) is 9.84. The van der Waals surface area contributed by atoms with Gasteiger partial charge in [0.05, 0.1) is 22.0 Å². The third kappa shape index (κ3) is 5.13. The van der Waals surface area contributed by atoms with Crippen LogP contribution in [0.15, 0.2) is 36.4 Å². The lowest BCUT2D eigenvalue weighted by Crippen LogP contribution is -2.49. The Labute approximate surface area is 185 Å². The largest absolute Gasteiger partial charge is 0.494 e. The van der Waals surface area contributed by atoms with Crippen molar-refractivity contribution in [2.75, 3.05) is 37.7 Å². The van der Waals surface area contributed by atoms with Crippen molar-refractivity contribution < 1.29 is 32.5 Å². The second-order valence-corrected chi connectivity index (χ2v) is 7.11. The van der Waals surface area contributed by atoms with Crippen molar-refractivity contribution in [3.63, 3.8) is 0 Å². The van der Waals surface area contributed by atoms with Crippen LogP contribution in [0.3, 0.4) is 0 Å². The Hall–Kier alpha value is -3.90. The number of halogens is 3. The highest BCUT2D eigenvalue weighted by Gasteiger charge is 2.40.